The van der Waals surface area contributed by atoms with Crippen LogP contribution in [0.4, 0.5) is 5.82 Å². The smallest absolute Gasteiger partial charge is 0.130 e. The highest BCUT2D eigenvalue weighted by atomic mass is 16.3. The molecule has 2 fully saturated rings. The van der Waals surface area contributed by atoms with E-state index in [0.29, 0.717) is 11.8 Å². The molecule has 3 atom stereocenters. The second-order valence-corrected chi connectivity index (χ2v) is 5.52. The lowest BCUT2D eigenvalue weighted by atomic mass is 10.00. The zero-order chi connectivity index (χ0) is 12.5. The van der Waals surface area contributed by atoms with Gasteiger partial charge < -0.3 is 10.4 Å². The first kappa shape index (κ1) is 11.9. The summed E-state index contributed by atoms with van der Waals surface area (Å²) in [5.74, 6) is 2.17. The SMILES string of the molecule is CNc1ncccc1CN1CC2CCC(O)C2C1. The maximum Gasteiger partial charge on any atom is 0.130 e. The number of pyridine rings is 1. The quantitative estimate of drug-likeness (QED) is 0.846. The van der Waals surface area contributed by atoms with E-state index in [9.17, 15) is 5.11 Å². The monoisotopic (exact) mass is 247 g/mol. The van der Waals surface area contributed by atoms with Gasteiger partial charge in [-0.25, -0.2) is 4.98 Å². The third-order valence-electron chi connectivity index (χ3n) is 4.42. The van der Waals surface area contributed by atoms with Gasteiger partial charge in [0, 0.05) is 44.4 Å². The molecule has 98 valence electrons. The molecule has 18 heavy (non-hydrogen) atoms. The fraction of sp³-hybridized carbons (Fsp3) is 0.643. The summed E-state index contributed by atoms with van der Waals surface area (Å²) in [5.41, 5.74) is 1.24. The lowest BCUT2D eigenvalue weighted by molar-refractivity contribution is 0.123. The van der Waals surface area contributed by atoms with Crippen LogP contribution < -0.4 is 5.32 Å². The Morgan fingerprint density at radius 3 is 3.11 bits per heavy atom. The molecule has 1 aliphatic heterocycles. The van der Waals surface area contributed by atoms with E-state index in [4.69, 9.17) is 0 Å². The van der Waals surface area contributed by atoms with Crippen molar-refractivity contribution in [3.05, 3.63) is 23.9 Å². The highest BCUT2D eigenvalue weighted by Gasteiger charge is 2.41. The topological polar surface area (TPSA) is 48.4 Å². The lowest BCUT2D eigenvalue weighted by Gasteiger charge is -2.19. The van der Waals surface area contributed by atoms with Gasteiger partial charge in [-0.05, 0) is 24.8 Å². The molecule has 1 saturated heterocycles. The van der Waals surface area contributed by atoms with Crippen molar-refractivity contribution in [2.24, 2.45) is 11.8 Å². The predicted molar refractivity (Wildman–Crippen MR) is 71.3 cm³/mol. The molecule has 1 aliphatic carbocycles. The van der Waals surface area contributed by atoms with Crippen LogP contribution in [-0.2, 0) is 6.54 Å². The van der Waals surface area contributed by atoms with Crippen LogP contribution in [0.1, 0.15) is 18.4 Å². The number of likely N-dealkylation sites (tertiary alicyclic amines) is 1. The summed E-state index contributed by atoms with van der Waals surface area (Å²) in [6, 6.07) is 4.12. The normalized spacial score (nSPS) is 31.6. The molecular formula is C14H21N3O. The summed E-state index contributed by atoms with van der Waals surface area (Å²) in [6.07, 6.45) is 3.93. The lowest BCUT2D eigenvalue weighted by Crippen LogP contribution is -2.24. The summed E-state index contributed by atoms with van der Waals surface area (Å²) in [5, 5.41) is 13.1. The molecule has 2 heterocycles. The van der Waals surface area contributed by atoms with Crippen molar-refractivity contribution in [3.8, 4) is 0 Å². The minimum Gasteiger partial charge on any atom is -0.393 e. The first-order valence-corrected chi connectivity index (χ1v) is 6.80. The highest BCUT2D eigenvalue weighted by Crippen LogP contribution is 2.38. The molecule has 1 aromatic heterocycles. The predicted octanol–water partition coefficient (Wildman–Crippen LogP) is 1.33. The van der Waals surface area contributed by atoms with E-state index in [1.54, 1.807) is 0 Å². The summed E-state index contributed by atoms with van der Waals surface area (Å²) in [6.45, 7) is 3.09. The van der Waals surface area contributed by atoms with Crippen molar-refractivity contribution in [2.75, 3.05) is 25.5 Å². The maximum atomic E-state index is 9.93. The Balaban J connectivity index is 1.68. The summed E-state index contributed by atoms with van der Waals surface area (Å²) >= 11 is 0. The van der Waals surface area contributed by atoms with Crippen molar-refractivity contribution in [1.29, 1.82) is 0 Å². The first-order chi connectivity index (χ1) is 8.78. The van der Waals surface area contributed by atoms with E-state index in [0.717, 1.165) is 31.9 Å². The van der Waals surface area contributed by atoms with E-state index in [-0.39, 0.29) is 6.10 Å². The van der Waals surface area contributed by atoms with Crippen LogP contribution in [0.5, 0.6) is 0 Å². The average molecular weight is 247 g/mol. The molecule has 3 rings (SSSR count). The Kier molecular flexibility index (Phi) is 3.22. The summed E-state index contributed by atoms with van der Waals surface area (Å²) < 4.78 is 0. The van der Waals surface area contributed by atoms with Gasteiger partial charge in [0.15, 0.2) is 0 Å². The fourth-order valence-corrected chi connectivity index (χ4v) is 3.49. The standard InChI is InChI=1S/C14H21N3O/c1-15-14-11(3-2-6-16-14)8-17-7-10-4-5-13(18)12(10)9-17/h2-3,6,10,12-13,18H,4-5,7-9H2,1H3,(H,15,16). The molecule has 1 saturated carbocycles. The number of rotatable bonds is 3. The van der Waals surface area contributed by atoms with Crippen molar-refractivity contribution >= 4 is 5.82 Å². The van der Waals surface area contributed by atoms with Gasteiger partial charge in [-0.2, -0.15) is 0 Å². The molecule has 2 aliphatic rings. The number of hydrogen-bond acceptors (Lipinski definition) is 4. The van der Waals surface area contributed by atoms with Gasteiger partial charge in [0.05, 0.1) is 6.10 Å². The second-order valence-electron chi connectivity index (χ2n) is 5.52. The van der Waals surface area contributed by atoms with Crippen molar-refractivity contribution in [2.45, 2.75) is 25.5 Å². The number of fused-ring (bicyclic) bond motifs is 1. The largest absolute Gasteiger partial charge is 0.393 e. The Bertz CT molecular complexity index is 423. The third-order valence-corrected chi connectivity index (χ3v) is 4.42. The van der Waals surface area contributed by atoms with E-state index >= 15 is 0 Å². The molecule has 2 N–H and O–H groups in total. The Morgan fingerprint density at radius 2 is 2.33 bits per heavy atom. The summed E-state index contributed by atoms with van der Waals surface area (Å²) in [7, 11) is 1.91. The highest BCUT2D eigenvalue weighted by molar-refractivity contribution is 5.42. The van der Waals surface area contributed by atoms with Crippen LogP contribution >= 0.6 is 0 Å². The number of aliphatic hydroxyl groups is 1. The molecule has 4 heteroatoms. The molecule has 0 radical (unpaired) electrons. The molecule has 0 bridgehead atoms. The van der Waals surface area contributed by atoms with Gasteiger partial charge in [0.1, 0.15) is 5.82 Å². The Hall–Kier alpha value is -1.13. The van der Waals surface area contributed by atoms with Gasteiger partial charge in [-0.1, -0.05) is 6.07 Å². The van der Waals surface area contributed by atoms with E-state index in [1.165, 1.54) is 12.0 Å². The number of nitrogens with one attached hydrogen (secondary N) is 1. The van der Waals surface area contributed by atoms with Crippen molar-refractivity contribution in [3.63, 3.8) is 0 Å². The van der Waals surface area contributed by atoms with Crippen LogP contribution in [0.2, 0.25) is 0 Å². The van der Waals surface area contributed by atoms with Crippen molar-refractivity contribution in [1.82, 2.24) is 9.88 Å². The zero-order valence-electron chi connectivity index (χ0n) is 10.8. The van der Waals surface area contributed by atoms with Gasteiger partial charge >= 0.3 is 0 Å². The van der Waals surface area contributed by atoms with Crippen LogP contribution in [0.3, 0.4) is 0 Å². The number of anilines is 1. The van der Waals surface area contributed by atoms with Crippen LogP contribution in [-0.4, -0.2) is 41.2 Å². The minimum atomic E-state index is -0.0716. The van der Waals surface area contributed by atoms with Gasteiger partial charge in [-0.15, -0.1) is 0 Å². The molecule has 0 aromatic carbocycles. The first-order valence-electron chi connectivity index (χ1n) is 6.80. The Morgan fingerprint density at radius 1 is 1.44 bits per heavy atom. The molecule has 4 nitrogen and oxygen atoms in total. The number of aromatic nitrogens is 1. The number of hydrogen-bond donors (Lipinski definition) is 2. The van der Waals surface area contributed by atoms with Crippen LogP contribution in [0.25, 0.3) is 0 Å². The van der Waals surface area contributed by atoms with Gasteiger partial charge in [0.2, 0.25) is 0 Å². The molecule has 0 amide bonds. The van der Waals surface area contributed by atoms with E-state index in [2.05, 4.69) is 21.3 Å². The zero-order valence-corrected chi connectivity index (χ0v) is 10.8. The summed E-state index contributed by atoms with van der Waals surface area (Å²) in [4.78, 5) is 6.79. The minimum absolute atomic E-state index is 0.0716. The fourth-order valence-electron chi connectivity index (χ4n) is 3.49. The molecule has 0 spiro atoms. The Labute approximate surface area is 108 Å². The number of nitrogens with zero attached hydrogens (tertiary/aromatic N) is 2. The van der Waals surface area contributed by atoms with Gasteiger partial charge in [0.25, 0.3) is 0 Å². The molecular weight excluding hydrogens is 226 g/mol. The van der Waals surface area contributed by atoms with Crippen molar-refractivity contribution < 1.29 is 5.11 Å². The molecule has 3 unspecified atom stereocenters. The van der Waals surface area contributed by atoms with Crippen LogP contribution in [0.15, 0.2) is 18.3 Å². The third kappa shape index (κ3) is 2.10. The second kappa shape index (κ2) is 4.86. The maximum absolute atomic E-state index is 9.93. The van der Waals surface area contributed by atoms with E-state index < -0.39 is 0 Å². The van der Waals surface area contributed by atoms with Crippen LogP contribution in [0, 0.1) is 11.8 Å². The number of aliphatic hydroxyl groups excluding tert-OH is 1. The average Bonchev–Trinajstić information content (AvgIpc) is 2.93. The molecule has 1 aromatic rings. The van der Waals surface area contributed by atoms with E-state index in [1.807, 2.05) is 19.3 Å². The van der Waals surface area contributed by atoms with Gasteiger partial charge in [-0.3, -0.25) is 4.90 Å².